The second-order valence-corrected chi connectivity index (χ2v) is 6.52. The fourth-order valence-corrected chi connectivity index (χ4v) is 2.75. The van der Waals surface area contributed by atoms with Crippen LogP contribution in [0.1, 0.15) is 21.6 Å². The lowest BCUT2D eigenvalue weighted by Crippen LogP contribution is -2.33. The molecule has 30 heavy (non-hydrogen) atoms. The molecular weight excluding hydrogens is 427 g/mol. The molecule has 0 radical (unpaired) electrons. The smallest absolute Gasteiger partial charge is 0.251 e. The van der Waals surface area contributed by atoms with Gasteiger partial charge in [-0.2, -0.15) is 0 Å². The first kappa shape index (κ1) is 25.7. The van der Waals surface area contributed by atoms with E-state index < -0.39 is 0 Å². The molecule has 7 nitrogen and oxygen atoms in total. The van der Waals surface area contributed by atoms with Crippen LogP contribution in [-0.4, -0.2) is 48.6 Å². The predicted molar refractivity (Wildman–Crippen MR) is 122 cm³/mol. The van der Waals surface area contributed by atoms with Gasteiger partial charge in [-0.15, -0.1) is 24.8 Å². The minimum atomic E-state index is -0.101. The average Bonchev–Trinajstić information content (AvgIpc) is 3.11. The number of hydrogen-bond acceptors (Lipinski definition) is 5. The van der Waals surface area contributed by atoms with E-state index in [4.69, 9.17) is 9.47 Å². The first-order valence-corrected chi connectivity index (χ1v) is 9.30. The maximum Gasteiger partial charge on any atom is 0.251 e. The number of halogens is 2. The first-order chi connectivity index (χ1) is 13.7. The number of aryl methyl sites for hydroxylation is 1. The van der Waals surface area contributed by atoms with Gasteiger partial charge in [-0.25, -0.2) is 4.98 Å². The number of carbonyl (C=O) groups excluding carboxylic acids is 1. The highest BCUT2D eigenvalue weighted by molar-refractivity contribution is 5.94. The van der Waals surface area contributed by atoms with E-state index in [1.807, 2.05) is 35.9 Å². The molecule has 0 spiro atoms. The summed E-state index contributed by atoms with van der Waals surface area (Å²) in [5.74, 6) is 0.599. The molecule has 0 saturated heterocycles. The maximum absolute atomic E-state index is 12.1. The number of nitrogens with one attached hydrogen (secondary N) is 2. The highest BCUT2D eigenvalue weighted by Crippen LogP contribution is 2.15. The quantitative estimate of drug-likeness (QED) is 0.460. The summed E-state index contributed by atoms with van der Waals surface area (Å²) in [5, 5.41) is 6.06. The second kappa shape index (κ2) is 13.1. The zero-order valence-electron chi connectivity index (χ0n) is 17.1. The van der Waals surface area contributed by atoms with E-state index >= 15 is 0 Å². The summed E-state index contributed by atoms with van der Waals surface area (Å²) in [6.45, 7) is 5.11. The molecule has 0 bridgehead atoms. The number of methoxy groups -OCH3 is 1. The molecule has 0 aliphatic rings. The Kier molecular flexibility index (Phi) is 11.2. The molecule has 3 rings (SSSR count). The van der Waals surface area contributed by atoms with Crippen molar-refractivity contribution in [3.8, 4) is 5.75 Å². The lowest BCUT2D eigenvalue weighted by molar-refractivity contribution is 0.0953. The Bertz CT molecular complexity index is 916. The minimum absolute atomic E-state index is 0. The van der Waals surface area contributed by atoms with Crippen LogP contribution in [0.3, 0.4) is 0 Å². The van der Waals surface area contributed by atoms with Gasteiger partial charge in [-0.3, -0.25) is 4.79 Å². The van der Waals surface area contributed by atoms with E-state index in [1.54, 1.807) is 31.4 Å². The number of fused-ring (bicyclic) bond motifs is 1. The van der Waals surface area contributed by atoms with Gasteiger partial charge in [0, 0.05) is 44.7 Å². The molecule has 0 fully saturated rings. The van der Waals surface area contributed by atoms with Crippen LogP contribution >= 0.6 is 24.8 Å². The summed E-state index contributed by atoms with van der Waals surface area (Å²) >= 11 is 0. The van der Waals surface area contributed by atoms with Gasteiger partial charge in [0.1, 0.15) is 18.0 Å². The third-order valence-electron chi connectivity index (χ3n) is 4.22. The molecule has 2 N–H and O–H groups in total. The number of amides is 1. The summed E-state index contributed by atoms with van der Waals surface area (Å²) in [6.07, 6.45) is 4.00. The van der Waals surface area contributed by atoms with Crippen LogP contribution in [0.25, 0.3) is 5.65 Å². The van der Waals surface area contributed by atoms with Crippen molar-refractivity contribution in [3.63, 3.8) is 0 Å². The Morgan fingerprint density at radius 1 is 1.03 bits per heavy atom. The number of nitrogens with zero attached hydrogens (tertiary/aromatic N) is 2. The van der Waals surface area contributed by atoms with E-state index in [-0.39, 0.29) is 30.7 Å². The van der Waals surface area contributed by atoms with Crippen LogP contribution in [0.5, 0.6) is 5.75 Å². The number of ether oxygens (including phenoxy) is 2. The monoisotopic (exact) mass is 454 g/mol. The SMILES string of the molecule is COCCNCCNC(=O)c1ccc(OCc2cn3cc(C)ccc3n2)cc1.Cl.Cl. The number of hydrogen-bond donors (Lipinski definition) is 2. The van der Waals surface area contributed by atoms with Gasteiger partial charge in [0.25, 0.3) is 5.91 Å². The van der Waals surface area contributed by atoms with Gasteiger partial charge in [-0.05, 0) is 42.8 Å². The van der Waals surface area contributed by atoms with Crippen LogP contribution in [0.15, 0.2) is 48.8 Å². The van der Waals surface area contributed by atoms with Crippen LogP contribution in [-0.2, 0) is 11.3 Å². The summed E-state index contributed by atoms with van der Waals surface area (Å²) in [6, 6.07) is 11.1. The van der Waals surface area contributed by atoms with Crippen LogP contribution in [0.2, 0.25) is 0 Å². The zero-order chi connectivity index (χ0) is 19.8. The summed E-state index contributed by atoms with van der Waals surface area (Å²) in [7, 11) is 1.66. The van der Waals surface area contributed by atoms with Crippen LogP contribution in [0, 0.1) is 6.92 Å². The van der Waals surface area contributed by atoms with Crippen LogP contribution in [0.4, 0.5) is 0 Å². The van der Waals surface area contributed by atoms with Crippen molar-refractivity contribution in [2.45, 2.75) is 13.5 Å². The molecule has 0 unspecified atom stereocenters. The number of imidazole rings is 1. The van der Waals surface area contributed by atoms with Gasteiger partial charge in [-0.1, -0.05) is 6.07 Å². The third kappa shape index (κ3) is 7.50. The van der Waals surface area contributed by atoms with E-state index in [0.29, 0.717) is 37.6 Å². The molecule has 2 heterocycles. The van der Waals surface area contributed by atoms with Gasteiger partial charge >= 0.3 is 0 Å². The molecule has 2 aromatic heterocycles. The molecule has 3 aromatic rings. The number of benzene rings is 1. The summed E-state index contributed by atoms with van der Waals surface area (Å²) < 4.78 is 12.7. The Morgan fingerprint density at radius 3 is 2.53 bits per heavy atom. The molecule has 0 saturated carbocycles. The van der Waals surface area contributed by atoms with E-state index in [9.17, 15) is 4.79 Å². The second-order valence-electron chi connectivity index (χ2n) is 6.52. The molecule has 1 aromatic carbocycles. The molecule has 0 aliphatic carbocycles. The zero-order valence-corrected chi connectivity index (χ0v) is 18.7. The van der Waals surface area contributed by atoms with Crippen molar-refractivity contribution in [1.29, 1.82) is 0 Å². The van der Waals surface area contributed by atoms with Gasteiger partial charge in [0.2, 0.25) is 0 Å². The van der Waals surface area contributed by atoms with Crippen molar-refractivity contribution in [3.05, 3.63) is 65.6 Å². The fourth-order valence-electron chi connectivity index (χ4n) is 2.75. The van der Waals surface area contributed by atoms with Crippen molar-refractivity contribution < 1.29 is 14.3 Å². The standard InChI is InChI=1S/C21H26N4O3.2ClH/c1-16-3-8-20-24-18(14-25(20)13-16)15-28-19-6-4-17(5-7-19)21(26)23-10-9-22-11-12-27-2;;/h3-8,13-14,22H,9-12,15H2,1-2H3,(H,23,26);2*1H. The van der Waals surface area contributed by atoms with Crippen molar-refractivity contribution >= 4 is 36.4 Å². The number of aromatic nitrogens is 2. The Morgan fingerprint density at radius 2 is 1.80 bits per heavy atom. The first-order valence-electron chi connectivity index (χ1n) is 9.30. The molecular formula is C21H28Cl2N4O3. The van der Waals surface area contributed by atoms with Gasteiger partial charge in [0.05, 0.1) is 12.3 Å². The van der Waals surface area contributed by atoms with E-state index in [2.05, 4.69) is 15.6 Å². The highest BCUT2D eigenvalue weighted by atomic mass is 35.5. The molecule has 1 amide bonds. The maximum atomic E-state index is 12.1. The molecule has 9 heteroatoms. The normalized spacial score (nSPS) is 10.2. The lowest BCUT2D eigenvalue weighted by atomic mass is 10.2. The van der Waals surface area contributed by atoms with Gasteiger partial charge < -0.3 is 24.5 Å². The number of rotatable bonds is 10. The lowest BCUT2D eigenvalue weighted by Gasteiger charge is -2.08. The molecule has 0 aliphatic heterocycles. The van der Waals surface area contributed by atoms with E-state index in [0.717, 1.165) is 17.9 Å². The summed E-state index contributed by atoms with van der Waals surface area (Å²) in [4.78, 5) is 16.7. The van der Waals surface area contributed by atoms with Crippen LogP contribution < -0.4 is 15.4 Å². The van der Waals surface area contributed by atoms with Crippen molar-refractivity contribution in [2.24, 2.45) is 0 Å². The fraction of sp³-hybridized carbons (Fsp3) is 0.333. The number of carbonyl (C=O) groups is 1. The van der Waals surface area contributed by atoms with Gasteiger partial charge in [0.15, 0.2) is 0 Å². The Labute approximate surface area is 189 Å². The van der Waals surface area contributed by atoms with E-state index in [1.165, 1.54) is 5.56 Å². The third-order valence-corrected chi connectivity index (χ3v) is 4.22. The van der Waals surface area contributed by atoms with Crippen molar-refractivity contribution in [2.75, 3.05) is 33.4 Å². The summed E-state index contributed by atoms with van der Waals surface area (Å²) in [5.41, 5.74) is 3.53. The topological polar surface area (TPSA) is 76.9 Å². The minimum Gasteiger partial charge on any atom is -0.487 e. The van der Waals surface area contributed by atoms with Crippen molar-refractivity contribution in [1.82, 2.24) is 20.0 Å². The average molecular weight is 455 g/mol. The predicted octanol–water partition coefficient (Wildman–Crippen LogP) is 3.03. The Balaban J connectivity index is 0.00000225. The largest absolute Gasteiger partial charge is 0.487 e. The molecule has 0 atom stereocenters. The molecule has 164 valence electrons. The Hall–Kier alpha value is -2.32. The highest BCUT2D eigenvalue weighted by Gasteiger charge is 2.06. The number of pyridine rings is 1.